The van der Waals surface area contributed by atoms with Crippen LogP contribution in [0.25, 0.3) is 10.6 Å². The third-order valence-electron chi connectivity index (χ3n) is 2.75. The lowest BCUT2D eigenvalue weighted by molar-refractivity contribution is 0.357. The van der Waals surface area contributed by atoms with E-state index in [0.717, 1.165) is 35.0 Å². The molecule has 17 heavy (non-hydrogen) atoms. The molecule has 0 fully saturated rings. The summed E-state index contributed by atoms with van der Waals surface area (Å²) in [6.45, 7) is 0.774. The molecule has 0 N–H and O–H groups in total. The predicted octanol–water partition coefficient (Wildman–Crippen LogP) is 2.81. The van der Waals surface area contributed by atoms with E-state index in [1.807, 2.05) is 17.5 Å². The first-order valence-corrected chi connectivity index (χ1v) is 6.32. The van der Waals surface area contributed by atoms with Crippen LogP contribution in [-0.2, 0) is 12.8 Å². The highest BCUT2D eigenvalue weighted by Crippen LogP contribution is 2.31. The van der Waals surface area contributed by atoms with Crippen molar-refractivity contribution in [1.82, 2.24) is 4.98 Å². The lowest BCUT2D eigenvalue weighted by Gasteiger charge is -2.00. The van der Waals surface area contributed by atoms with Gasteiger partial charge in [0.05, 0.1) is 24.8 Å². The number of aromatic nitrogens is 1. The number of rotatable bonds is 2. The Kier molecular flexibility index (Phi) is 2.54. The van der Waals surface area contributed by atoms with Crippen LogP contribution in [0, 0.1) is 11.3 Å². The van der Waals surface area contributed by atoms with E-state index in [1.165, 1.54) is 5.56 Å². The van der Waals surface area contributed by atoms with Crippen molar-refractivity contribution >= 4 is 11.3 Å². The van der Waals surface area contributed by atoms with Crippen LogP contribution in [0.5, 0.6) is 5.75 Å². The van der Waals surface area contributed by atoms with E-state index in [1.54, 1.807) is 11.3 Å². The third kappa shape index (κ3) is 1.90. The van der Waals surface area contributed by atoms with Gasteiger partial charge in [0, 0.05) is 17.4 Å². The minimum absolute atomic E-state index is 0.380. The summed E-state index contributed by atoms with van der Waals surface area (Å²) in [4.78, 5) is 4.45. The summed E-state index contributed by atoms with van der Waals surface area (Å²) >= 11 is 1.59. The van der Waals surface area contributed by atoms with Gasteiger partial charge in [-0.3, -0.25) is 0 Å². The minimum Gasteiger partial charge on any atom is -0.493 e. The summed E-state index contributed by atoms with van der Waals surface area (Å²) in [5.41, 5.74) is 3.22. The summed E-state index contributed by atoms with van der Waals surface area (Å²) in [6, 6.07) is 8.28. The Bertz CT molecular complexity index is 598. The molecule has 0 unspecified atom stereocenters. The van der Waals surface area contributed by atoms with Gasteiger partial charge in [0.1, 0.15) is 10.8 Å². The van der Waals surface area contributed by atoms with Gasteiger partial charge in [-0.2, -0.15) is 5.26 Å². The van der Waals surface area contributed by atoms with Gasteiger partial charge >= 0.3 is 0 Å². The molecular formula is C13H10N2OS. The van der Waals surface area contributed by atoms with Crippen LogP contribution in [-0.4, -0.2) is 11.6 Å². The van der Waals surface area contributed by atoms with E-state index < -0.39 is 0 Å². The number of ether oxygens (including phenoxy) is 1. The SMILES string of the molecule is N#CCc1csc(-c2ccc3c(c2)CCO3)n1. The Morgan fingerprint density at radius 3 is 3.29 bits per heavy atom. The van der Waals surface area contributed by atoms with Gasteiger partial charge in [0.15, 0.2) is 0 Å². The van der Waals surface area contributed by atoms with Crippen LogP contribution in [0.3, 0.4) is 0 Å². The van der Waals surface area contributed by atoms with E-state index in [-0.39, 0.29) is 0 Å². The molecule has 3 nitrogen and oxygen atoms in total. The topological polar surface area (TPSA) is 45.9 Å². The third-order valence-corrected chi connectivity index (χ3v) is 3.69. The Hall–Kier alpha value is -1.86. The van der Waals surface area contributed by atoms with Crippen LogP contribution >= 0.6 is 11.3 Å². The lowest BCUT2D eigenvalue weighted by atomic mass is 10.1. The fourth-order valence-electron chi connectivity index (χ4n) is 1.92. The maximum absolute atomic E-state index is 8.62. The molecule has 0 spiro atoms. The van der Waals surface area contributed by atoms with Crippen molar-refractivity contribution in [1.29, 1.82) is 5.26 Å². The van der Waals surface area contributed by atoms with Gasteiger partial charge in [-0.1, -0.05) is 0 Å². The molecular weight excluding hydrogens is 232 g/mol. The maximum Gasteiger partial charge on any atom is 0.123 e. The summed E-state index contributed by atoms with van der Waals surface area (Å²) in [7, 11) is 0. The van der Waals surface area contributed by atoms with Crippen LogP contribution in [0.15, 0.2) is 23.6 Å². The quantitative estimate of drug-likeness (QED) is 0.813. The largest absolute Gasteiger partial charge is 0.493 e. The van der Waals surface area contributed by atoms with Crippen molar-refractivity contribution < 1.29 is 4.74 Å². The van der Waals surface area contributed by atoms with Crippen molar-refractivity contribution in [2.75, 3.05) is 6.61 Å². The van der Waals surface area contributed by atoms with E-state index >= 15 is 0 Å². The molecule has 84 valence electrons. The van der Waals surface area contributed by atoms with Gasteiger partial charge in [-0.15, -0.1) is 11.3 Å². The van der Waals surface area contributed by atoms with Gasteiger partial charge < -0.3 is 4.74 Å². The van der Waals surface area contributed by atoms with Crippen LogP contribution in [0.2, 0.25) is 0 Å². The van der Waals surface area contributed by atoms with Gasteiger partial charge in [-0.25, -0.2) is 4.98 Å². The highest BCUT2D eigenvalue weighted by atomic mass is 32.1. The number of nitriles is 1. The first-order valence-electron chi connectivity index (χ1n) is 5.44. The molecule has 0 aliphatic carbocycles. The lowest BCUT2D eigenvalue weighted by Crippen LogP contribution is -1.85. The van der Waals surface area contributed by atoms with E-state index in [0.29, 0.717) is 6.42 Å². The number of hydrogen-bond donors (Lipinski definition) is 0. The van der Waals surface area contributed by atoms with E-state index in [9.17, 15) is 0 Å². The molecule has 0 radical (unpaired) electrons. The standard InChI is InChI=1S/C13H10N2OS/c14-5-3-11-8-17-13(15-11)10-1-2-12-9(7-10)4-6-16-12/h1-2,7-8H,3-4,6H2. The van der Waals surface area contributed by atoms with Crippen molar-refractivity contribution in [2.45, 2.75) is 12.8 Å². The van der Waals surface area contributed by atoms with Gasteiger partial charge in [0.25, 0.3) is 0 Å². The molecule has 0 bridgehead atoms. The summed E-state index contributed by atoms with van der Waals surface area (Å²) < 4.78 is 5.47. The highest BCUT2D eigenvalue weighted by Gasteiger charge is 2.13. The smallest absolute Gasteiger partial charge is 0.123 e. The second-order valence-corrected chi connectivity index (χ2v) is 4.76. The highest BCUT2D eigenvalue weighted by molar-refractivity contribution is 7.13. The van der Waals surface area contributed by atoms with Crippen LogP contribution in [0.4, 0.5) is 0 Å². The first kappa shape index (κ1) is 10.3. The van der Waals surface area contributed by atoms with Crippen LogP contribution in [0.1, 0.15) is 11.3 Å². The Morgan fingerprint density at radius 2 is 2.41 bits per heavy atom. The van der Waals surface area contributed by atoms with Crippen LogP contribution < -0.4 is 4.74 Å². The Morgan fingerprint density at radius 1 is 1.47 bits per heavy atom. The molecule has 0 saturated carbocycles. The fraction of sp³-hybridized carbons (Fsp3) is 0.231. The average Bonchev–Trinajstić information content (AvgIpc) is 2.96. The van der Waals surface area contributed by atoms with Crippen molar-refractivity contribution in [3.63, 3.8) is 0 Å². The molecule has 1 aromatic carbocycles. The number of fused-ring (bicyclic) bond motifs is 1. The number of thiazole rings is 1. The zero-order chi connectivity index (χ0) is 11.7. The second kappa shape index (κ2) is 4.19. The molecule has 1 aliphatic heterocycles. The summed E-state index contributed by atoms with van der Waals surface area (Å²) in [6.07, 6.45) is 1.35. The second-order valence-electron chi connectivity index (χ2n) is 3.90. The molecule has 0 amide bonds. The molecule has 0 saturated heterocycles. The number of benzene rings is 1. The molecule has 0 atom stereocenters. The summed E-state index contributed by atoms with van der Waals surface area (Å²) in [5.74, 6) is 0.988. The van der Waals surface area contributed by atoms with Gasteiger partial charge in [-0.05, 0) is 23.8 Å². The monoisotopic (exact) mass is 242 g/mol. The zero-order valence-corrected chi connectivity index (χ0v) is 9.96. The fourth-order valence-corrected chi connectivity index (χ4v) is 2.74. The van der Waals surface area contributed by atoms with Gasteiger partial charge in [0.2, 0.25) is 0 Å². The molecule has 3 rings (SSSR count). The first-order chi connectivity index (χ1) is 8.36. The average molecular weight is 242 g/mol. The molecule has 1 aliphatic rings. The van der Waals surface area contributed by atoms with E-state index in [2.05, 4.69) is 17.1 Å². The Balaban J connectivity index is 1.95. The van der Waals surface area contributed by atoms with E-state index in [4.69, 9.17) is 10.00 Å². The Labute approximate surface area is 103 Å². The molecule has 4 heteroatoms. The predicted molar refractivity (Wildman–Crippen MR) is 66.1 cm³/mol. The molecule has 2 heterocycles. The molecule has 2 aromatic rings. The normalized spacial score (nSPS) is 12.9. The number of nitrogens with zero attached hydrogens (tertiary/aromatic N) is 2. The molecule has 1 aromatic heterocycles. The summed E-state index contributed by atoms with van der Waals surface area (Å²) in [5, 5.41) is 11.5. The minimum atomic E-state index is 0.380. The van der Waals surface area contributed by atoms with Crippen molar-refractivity contribution in [3.8, 4) is 22.4 Å². The van der Waals surface area contributed by atoms with Crippen molar-refractivity contribution in [3.05, 3.63) is 34.8 Å². The maximum atomic E-state index is 8.62. The zero-order valence-electron chi connectivity index (χ0n) is 9.14. The number of hydrogen-bond acceptors (Lipinski definition) is 4. The van der Waals surface area contributed by atoms with Crippen molar-refractivity contribution in [2.24, 2.45) is 0 Å².